The summed E-state index contributed by atoms with van der Waals surface area (Å²) in [5, 5.41) is 22.9. The first-order chi connectivity index (χ1) is 17.5. The molecule has 0 saturated heterocycles. The van der Waals surface area contributed by atoms with Crippen LogP contribution in [0.4, 0.5) is 20.3 Å². The van der Waals surface area contributed by atoms with E-state index in [1.165, 1.54) is 24.3 Å². The fourth-order valence-corrected chi connectivity index (χ4v) is 5.20. The zero-order chi connectivity index (χ0) is 26.9. The van der Waals surface area contributed by atoms with E-state index in [0.29, 0.717) is 18.9 Å². The third-order valence-corrected chi connectivity index (χ3v) is 7.86. The molecule has 1 saturated carbocycles. The minimum Gasteiger partial charge on any atom is -0.478 e. The van der Waals surface area contributed by atoms with Gasteiger partial charge in [0.15, 0.2) is 15.5 Å². The molecule has 1 fully saturated rings. The number of sulfone groups is 1. The zero-order valence-electron chi connectivity index (χ0n) is 18.8. The first kappa shape index (κ1) is 25.7. The Morgan fingerprint density at radius 2 is 1.62 bits per heavy atom. The molecule has 1 heterocycles. The van der Waals surface area contributed by atoms with Gasteiger partial charge in [-0.05, 0) is 54.8 Å². The van der Waals surface area contributed by atoms with Crippen molar-refractivity contribution < 1.29 is 41.8 Å². The molecule has 37 heavy (non-hydrogen) atoms. The Hall–Kier alpha value is -4.39. The van der Waals surface area contributed by atoms with E-state index in [9.17, 15) is 36.7 Å². The normalized spacial score (nSPS) is 14.0. The van der Waals surface area contributed by atoms with Crippen LogP contribution in [0.3, 0.4) is 0 Å². The SMILES string of the molecule is O=C(O)c1ccc(NC(=O)C(Nc2ccc(F)cc2F)c2ccc(S(=O)(=O)C3CC3)cc2)nc1C(=O)O. The number of pyridine rings is 1. The Morgan fingerprint density at radius 1 is 0.946 bits per heavy atom. The molecule has 1 atom stereocenters. The molecular weight excluding hydrogens is 512 g/mol. The molecule has 1 amide bonds. The molecule has 192 valence electrons. The maximum Gasteiger partial charge on any atom is 0.355 e. The molecular formula is C24H19F2N3O7S. The fourth-order valence-electron chi connectivity index (χ4n) is 3.55. The number of rotatable bonds is 9. The molecule has 4 N–H and O–H groups in total. The number of carboxylic acids is 2. The molecule has 1 aliphatic carbocycles. The zero-order valence-corrected chi connectivity index (χ0v) is 19.6. The number of carbonyl (C=O) groups is 3. The van der Waals surface area contributed by atoms with Crippen molar-refractivity contribution in [3.8, 4) is 0 Å². The highest BCUT2D eigenvalue weighted by Crippen LogP contribution is 2.34. The first-order valence-electron chi connectivity index (χ1n) is 10.8. The highest BCUT2D eigenvalue weighted by Gasteiger charge is 2.37. The number of aromatic nitrogens is 1. The molecule has 1 aliphatic rings. The van der Waals surface area contributed by atoms with Crippen LogP contribution in [0.5, 0.6) is 0 Å². The van der Waals surface area contributed by atoms with E-state index in [4.69, 9.17) is 5.11 Å². The molecule has 1 aromatic heterocycles. The monoisotopic (exact) mass is 531 g/mol. The lowest BCUT2D eigenvalue weighted by Crippen LogP contribution is -2.28. The number of carbonyl (C=O) groups excluding carboxylic acids is 1. The lowest BCUT2D eigenvalue weighted by molar-refractivity contribution is -0.117. The van der Waals surface area contributed by atoms with E-state index in [0.717, 1.165) is 24.3 Å². The second-order valence-electron chi connectivity index (χ2n) is 8.21. The van der Waals surface area contributed by atoms with Crippen molar-refractivity contribution in [3.63, 3.8) is 0 Å². The molecule has 0 radical (unpaired) electrons. The summed E-state index contributed by atoms with van der Waals surface area (Å²) in [4.78, 5) is 39.6. The summed E-state index contributed by atoms with van der Waals surface area (Å²) in [6, 6.07) is 8.65. The lowest BCUT2D eigenvalue weighted by Gasteiger charge is -2.21. The summed E-state index contributed by atoms with van der Waals surface area (Å²) in [7, 11) is -3.51. The van der Waals surface area contributed by atoms with Gasteiger partial charge in [-0.25, -0.2) is 31.8 Å². The highest BCUT2D eigenvalue weighted by molar-refractivity contribution is 7.92. The van der Waals surface area contributed by atoms with Gasteiger partial charge in [-0.2, -0.15) is 0 Å². The topological polar surface area (TPSA) is 163 Å². The van der Waals surface area contributed by atoms with Gasteiger partial charge in [-0.15, -0.1) is 0 Å². The summed E-state index contributed by atoms with van der Waals surface area (Å²) in [6.07, 6.45) is 1.12. The largest absolute Gasteiger partial charge is 0.478 e. The third kappa shape index (κ3) is 5.56. The maximum atomic E-state index is 14.3. The van der Waals surface area contributed by atoms with E-state index >= 15 is 0 Å². The van der Waals surface area contributed by atoms with E-state index in [1.54, 1.807) is 0 Å². The van der Waals surface area contributed by atoms with Crippen molar-refractivity contribution in [2.75, 3.05) is 10.6 Å². The molecule has 3 aromatic rings. The van der Waals surface area contributed by atoms with Crippen molar-refractivity contribution in [1.29, 1.82) is 0 Å². The first-order valence-corrected chi connectivity index (χ1v) is 12.4. The van der Waals surface area contributed by atoms with Crippen LogP contribution in [0.1, 0.15) is 45.3 Å². The average molecular weight is 531 g/mol. The van der Waals surface area contributed by atoms with Crippen LogP contribution in [0.25, 0.3) is 0 Å². The Labute approximate surface area is 208 Å². The van der Waals surface area contributed by atoms with Gasteiger partial charge in [0.1, 0.15) is 23.5 Å². The van der Waals surface area contributed by atoms with Gasteiger partial charge in [-0.1, -0.05) is 12.1 Å². The van der Waals surface area contributed by atoms with Crippen molar-refractivity contribution >= 4 is 39.2 Å². The van der Waals surface area contributed by atoms with Crippen LogP contribution >= 0.6 is 0 Å². The van der Waals surface area contributed by atoms with Crippen LogP contribution in [0.2, 0.25) is 0 Å². The molecule has 2 aromatic carbocycles. The van der Waals surface area contributed by atoms with Crippen LogP contribution in [0, 0.1) is 11.6 Å². The van der Waals surface area contributed by atoms with E-state index in [-0.39, 0.29) is 22.0 Å². The van der Waals surface area contributed by atoms with E-state index < -0.39 is 61.9 Å². The molecule has 4 rings (SSSR count). The Morgan fingerprint density at radius 3 is 2.19 bits per heavy atom. The lowest BCUT2D eigenvalue weighted by atomic mass is 10.1. The summed E-state index contributed by atoms with van der Waals surface area (Å²) < 4.78 is 52.7. The van der Waals surface area contributed by atoms with Gasteiger partial charge in [0, 0.05) is 6.07 Å². The van der Waals surface area contributed by atoms with Gasteiger partial charge >= 0.3 is 11.9 Å². The number of nitrogens with zero attached hydrogens (tertiary/aromatic N) is 1. The van der Waals surface area contributed by atoms with Gasteiger partial charge in [0.2, 0.25) is 0 Å². The van der Waals surface area contributed by atoms with Crippen LogP contribution in [-0.2, 0) is 14.6 Å². The Bertz CT molecular complexity index is 1510. The quantitative estimate of drug-likeness (QED) is 0.324. The summed E-state index contributed by atoms with van der Waals surface area (Å²) in [6.45, 7) is 0. The van der Waals surface area contributed by atoms with Crippen LogP contribution in [-0.4, -0.2) is 46.7 Å². The molecule has 10 nitrogen and oxygen atoms in total. The average Bonchev–Trinajstić information content (AvgIpc) is 3.70. The Balaban J connectivity index is 1.68. The fraction of sp³-hybridized carbons (Fsp3) is 0.167. The number of amides is 1. The molecule has 0 spiro atoms. The van der Waals surface area contributed by atoms with Gasteiger partial charge in [0.05, 0.1) is 21.4 Å². The van der Waals surface area contributed by atoms with Crippen molar-refractivity contribution in [1.82, 2.24) is 4.98 Å². The minimum atomic E-state index is -3.51. The number of carboxylic acid groups (broad SMARTS) is 2. The number of nitrogens with one attached hydrogen (secondary N) is 2. The minimum absolute atomic E-state index is 0.0582. The van der Waals surface area contributed by atoms with Gasteiger partial charge < -0.3 is 20.8 Å². The molecule has 1 unspecified atom stereocenters. The second-order valence-corrected chi connectivity index (χ2v) is 10.4. The van der Waals surface area contributed by atoms with Crippen molar-refractivity contribution in [2.24, 2.45) is 0 Å². The highest BCUT2D eigenvalue weighted by atomic mass is 32.2. The number of halogens is 2. The summed E-state index contributed by atoms with van der Waals surface area (Å²) in [5.74, 6) is -6.18. The van der Waals surface area contributed by atoms with E-state index in [2.05, 4.69) is 15.6 Å². The summed E-state index contributed by atoms with van der Waals surface area (Å²) >= 11 is 0. The summed E-state index contributed by atoms with van der Waals surface area (Å²) in [5.41, 5.74) is -1.44. The van der Waals surface area contributed by atoms with Crippen molar-refractivity contribution in [3.05, 3.63) is 83.1 Å². The standard InChI is InChI=1S/C24H19F2N3O7S/c25-13-3-9-18(17(26)11-13)27-20(12-1-4-14(5-2-12)37(35,36)15-6-7-15)22(30)29-19-10-8-16(23(31)32)21(28-19)24(33)34/h1-5,8-11,15,20,27H,6-7H2,(H,31,32)(H,33,34)(H,28,29,30). The number of benzene rings is 2. The number of aromatic carboxylic acids is 2. The number of hydrogen-bond acceptors (Lipinski definition) is 7. The van der Waals surface area contributed by atoms with Gasteiger partial charge in [0.25, 0.3) is 5.91 Å². The maximum absolute atomic E-state index is 14.3. The van der Waals surface area contributed by atoms with Gasteiger partial charge in [-0.3, -0.25) is 4.79 Å². The molecule has 0 aliphatic heterocycles. The number of anilines is 2. The predicted molar refractivity (Wildman–Crippen MR) is 126 cm³/mol. The smallest absolute Gasteiger partial charge is 0.355 e. The second kappa shape index (κ2) is 9.93. The Kier molecular flexibility index (Phi) is 6.90. The third-order valence-electron chi connectivity index (χ3n) is 5.58. The van der Waals surface area contributed by atoms with Crippen LogP contribution < -0.4 is 10.6 Å². The molecule has 13 heteroatoms. The number of hydrogen-bond donors (Lipinski definition) is 4. The van der Waals surface area contributed by atoms with E-state index in [1.807, 2.05) is 0 Å². The van der Waals surface area contributed by atoms with Crippen LogP contribution in [0.15, 0.2) is 59.5 Å². The van der Waals surface area contributed by atoms with Crippen molar-refractivity contribution in [2.45, 2.75) is 29.0 Å². The predicted octanol–water partition coefficient (Wildman–Crippen LogP) is 3.48. The molecule has 0 bridgehead atoms.